The maximum atomic E-state index is 10.7. The normalized spacial score (nSPS) is 13.3. The third kappa shape index (κ3) is 1.63. The fourth-order valence-corrected chi connectivity index (χ4v) is 1.83. The average Bonchev–Trinajstić information content (AvgIpc) is 2.54. The standard InChI is InChI=1S/C11H7ClN4O2/c12-8-5-4-7-9(14-8)16(6-2-1-3-6)10(13-7)15-11(17)18/h1-5H,(H,13,15)(H,17,18). The van der Waals surface area contributed by atoms with Gasteiger partial charge in [-0.25, -0.2) is 14.8 Å². The molecule has 0 atom stereocenters. The van der Waals surface area contributed by atoms with Gasteiger partial charge >= 0.3 is 6.09 Å². The zero-order valence-electron chi connectivity index (χ0n) is 8.96. The number of imidazole rings is 1. The Hall–Kier alpha value is -2.34. The Morgan fingerprint density at radius 3 is 2.78 bits per heavy atom. The molecule has 0 saturated carbocycles. The second kappa shape index (κ2) is 3.85. The van der Waals surface area contributed by atoms with Gasteiger partial charge in [0.05, 0.1) is 5.70 Å². The van der Waals surface area contributed by atoms with E-state index in [1.807, 2.05) is 18.2 Å². The Morgan fingerprint density at radius 1 is 1.39 bits per heavy atom. The number of fused-ring (bicyclic) bond motifs is 1. The van der Waals surface area contributed by atoms with Gasteiger partial charge in [0.2, 0.25) is 5.95 Å². The third-order valence-electron chi connectivity index (χ3n) is 2.48. The summed E-state index contributed by atoms with van der Waals surface area (Å²) < 4.78 is 1.61. The van der Waals surface area contributed by atoms with Crippen LogP contribution in [0.3, 0.4) is 0 Å². The van der Waals surface area contributed by atoms with Crippen LogP contribution in [0.15, 0.2) is 30.4 Å². The fourth-order valence-electron chi connectivity index (χ4n) is 1.69. The molecule has 0 spiro atoms. The summed E-state index contributed by atoms with van der Waals surface area (Å²) >= 11 is 5.85. The highest BCUT2D eigenvalue weighted by atomic mass is 35.5. The maximum absolute atomic E-state index is 10.7. The molecular weight excluding hydrogens is 256 g/mol. The van der Waals surface area contributed by atoms with Crippen LogP contribution in [0, 0.1) is 0 Å². The van der Waals surface area contributed by atoms with E-state index >= 15 is 0 Å². The van der Waals surface area contributed by atoms with Crippen LogP contribution in [0.2, 0.25) is 5.15 Å². The minimum Gasteiger partial charge on any atom is -0.465 e. The van der Waals surface area contributed by atoms with E-state index in [0.29, 0.717) is 16.3 Å². The van der Waals surface area contributed by atoms with Crippen LogP contribution in [0.4, 0.5) is 10.7 Å². The summed E-state index contributed by atoms with van der Waals surface area (Å²) in [6, 6.07) is 3.30. The lowest BCUT2D eigenvalue weighted by molar-refractivity contribution is 0.209. The van der Waals surface area contributed by atoms with Gasteiger partial charge in [0.25, 0.3) is 0 Å². The van der Waals surface area contributed by atoms with Crippen LogP contribution < -0.4 is 5.32 Å². The number of aromatic nitrogens is 3. The summed E-state index contributed by atoms with van der Waals surface area (Å²) in [7, 11) is 0. The smallest absolute Gasteiger partial charge is 0.411 e. The van der Waals surface area contributed by atoms with E-state index < -0.39 is 6.09 Å². The first kappa shape index (κ1) is 10.8. The lowest BCUT2D eigenvalue weighted by atomic mass is 10.2. The topological polar surface area (TPSA) is 80.0 Å². The van der Waals surface area contributed by atoms with Crippen molar-refractivity contribution >= 4 is 40.5 Å². The van der Waals surface area contributed by atoms with Crippen molar-refractivity contribution in [2.45, 2.75) is 0 Å². The molecule has 2 aromatic heterocycles. The average molecular weight is 263 g/mol. The van der Waals surface area contributed by atoms with E-state index in [4.69, 9.17) is 16.7 Å². The highest BCUT2D eigenvalue weighted by Gasteiger charge is 2.17. The Balaban J connectivity index is 2.24. The molecule has 3 rings (SSSR count). The quantitative estimate of drug-likeness (QED) is 0.815. The summed E-state index contributed by atoms with van der Waals surface area (Å²) in [5.74, 6) is 0.197. The van der Waals surface area contributed by atoms with Crippen LogP contribution in [0.25, 0.3) is 16.9 Å². The highest BCUT2D eigenvalue weighted by molar-refractivity contribution is 6.29. The third-order valence-corrected chi connectivity index (χ3v) is 2.69. The molecule has 0 radical (unpaired) electrons. The predicted octanol–water partition coefficient (Wildman–Crippen LogP) is 2.59. The van der Waals surface area contributed by atoms with Gasteiger partial charge in [-0.15, -0.1) is 0 Å². The number of nitrogens with one attached hydrogen (secondary N) is 1. The molecule has 18 heavy (non-hydrogen) atoms. The molecule has 7 heteroatoms. The number of hydrogen-bond donors (Lipinski definition) is 2. The molecule has 90 valence electrons. The summed E-state index contributed by atoms with van der Waals surface area (Å²) in [5, 5.41) is 11.4. The highest BCUT2D eigenvalue weighted by Crippen LogP contribution is 2.27. The van der Waals surface area contributed by atoms with Crippen molar-refractivity contribution < 1.29 is 9.90 Å². The zero-order chi connectivity index (χ0) is 12.7. The van der Waals surface area contributed by atoms with Gasteiger partial charge in [-0.2, -0.15) is 0 Å². The zero-order valence-corrected chi connectivity index (χ0v) is 9.72. The Bertz CT molecular complexity index is 717. The lowest BCUT2D eigenvalue weighted by Crippen LogP contribution is -2.13. The molecule has 1 amide bonds. The van der Waals surface area contributed by atoms with Gasteiger partial charge in [0.1, 0.15) is 10.7 Å². The van der Waals surface area contributed by atoms with E-state index in [1.54, 1.807) is 16.7 Å². The predicted molar refractivity (Wildman–Crippen MR) is 67.6 cm³/mol. The number of carbonyl (C=O) groups is 1. The molecule has 6 nitrogen and oxygen atoms in total. The van der Waals surface area contributed by atoms with Crippen molar-refractivity contribution in [1.29, 1.82) is 0 Å². The summed E-state index contributed by atoms with van der Waals surface area (Å²) in [4.78, 5) is 19.1. The fraction of sp³-hybridized carbons (Fsp3) is 0. The van der Waals surface area contributed by atoms with Gasteiger partial charge in [0.15, 0.2) is 5.65 Å². The van der Waals surface area contributed by atoms with E-state index in [2.05, 4.69) is 15.3 Å². The van der Waals surface area contributed by atoms with Crippen LogP contribution in [0.5, 0.6) is 0 Å². The first-order valence-electron chi connectivity index (χ1n) is 5.09. The molecule has 0 aromatic carbocycles. The molecule has 0 bridgehead atoms. The molecule has 0 saturated heterocycles. The number of hydrogen-bond acceptors (Lipinski definition) is 3. The van der Waals surface area contributed by atoms with Gasteiger partial charge in [-0.05, 0) is 24.3 Å². The van der Waals surface area contributed by atoms with Crippen molar-refractivity contribution in [1.82, 2.24) is 14.5 Å². The number of pyridine rings is 1. The number of nitrogens with zero attached hydrogens (tertiary/aromatic N) is 3. The van der Waals surface area contributed by atoms with Crippen molar-refractivity contribution in [3.8, 4) is 0 Å². The molecule has 0 unspecified atom stereocenters. The van der Waals surface area contributed by atoms with Crippen molar-refractivity contribution in [2.24, 2.45) is 0 Å². The van der Waals surface area contributed by atoms with Gasteiger partial charge < -0.3 is 5.11 Å². The van der Waals surface area contributed by atoms with Gasteiger partial charge in [0, 0.05) is 0 Å². The Morgan fingerprint density at radius 2 is 2.17 bits per heavy atom. The molecule has 2 N–H and O–H groups in total. The number of carboxylic acid groups (broad SMARTS) is 1. The second-order valence-corrected chi connectivity index (χ2v) is 4.02. The van der Waals surface area contributed by atoms with Crippen molar-refractivity contribution in [3.63, 3.8) is 0 Å². The lowest BCUT2D eigenvalue weighted by Gasteiger charge is -2.12. The first-order valence-corrected chi connectivity index (χ1v) is 5.46. The first-order chi connectivity index (χ1) is 8.65. The van der Waals surface area contributed by atoms with Gasteiger partial charge in [-0.3, -0.25) is 9.88 Å². The number of anilines is 1. The van der Waals surface area contributed by atoms with Crippen LogP contribution in [0.1, 0.15) is 0 Å². The van der Waals surface area contributed by atoms with Crippen LogP contribution in [-0.2, 0) is 0 Å². The largest absolute Gasteiger partial charge is 0.465 e. The van der Waals surface area contributed by atoms with Gasteiger partial charge in [-0.1, -0.05) is 17.7 Å². The Kier molecular flexibility index (Phi) is 2.31. The maximum Gasteiger partial charge on any atom is 0.411 e. The van der Waals surface area contributed by atoms with Crippen molar-refractivity contribution in [3.05, 3.63) is 35.5 Å². The van der Waals surface area contributed by atoms with Crippen LogP contribution >= 0.6 is 11.6 Å². The van der Waals surface area contributed by atoms with E-state index in [0.717, 1.165) is 5.70 Å². The molecule has 2 aromatic rings. The molecule has 0 aliphatic heterocycles. The molecular formula is C11H7ClN4O2. The number of allylic oxidation sites excluding steroid dienone is 4. The van der Waals surface area contributed by atoms with Crippen LogP contribution in [-0.4, -0.2) is 25.7 Å². The monoisotopic (exact) mass is 262 g/mol. The molecule has 2 heterocycles. The second-order valence-electron chi connectivity index (χ2n) is 3.63. The van der Waals surface area contributed by atoms with Crippen molar-refractivity contribution in [2.75, 3.05) is 5.32 Å². The minimum atomic E-state index is -1.18. The summed E-state index contributed by atoms with van der Waals surface area (Å²) in [6.07, 6.45) is 4.32. The SMILES string of the molecule is O=C(O)Nc1nc2ccc(Cl)nc2n1C1=CC=C1. The minimum absolute atomic E-state index is 0.197. The molecule has 1 aliphatic carbocycles. The van der Waals surface area contributed by atoms with E-state index in [1.165, 1.54) is 0 Å². The number of amides is 1. The number of rotatable bonds is 2. The number of halogens is 1. The van der Waals surface area contributed by atoms with E-state index in [-0.39, 0.29) is 5.95 Å². The molecule has 0 fully saturated rings. The Labute approximate surface area is 106 Å². The summed E-state index contributed by atoms with van der Waals surface area (Å²) in [6.45, 7) is 0. The summed E-state index contributed by atoms with van der Waals surface area (Å²) in [5.41, 5.74) is 1.89. The van der Waals surface area contributed by atoms with E-state index in [9.17, 15) is 4.79 Å². The molecule has 1 aliphatic rings.